The van der Waals surface area contributed by atoms with Crippen LogP contribution in [0, 0.1) is 11.8 Å². The van der Waals surface area contributed by atoms with Crippen molar-refractivity contribution in [1.29, 1.82) is 0 Å². The lowest BCUT2D eigenvalue weighted by atomic mass is 9.75. The molecule has 3 aromatic heterocycles. The predicted octanol–water partition coefficient (Wildman–Crippen LogP) is 9.09. The number of hydrogen-bond donors (Lipinski definition) is 0. The third-order valence-corrected chi connectivity index (χ3v) is 22.8. The Kier molecular flexibility index (Phi) is 14.7. The first-order valence-corrected chi connectivity index (χ1v) is 28.1. The number of β-lactam (4-membered cyclic amide) rings is 1. The Hall–Kier alpha value is -5.59. The highest BCUT2D eigenvalue weighted by atomic mass is 32.1. The number of carbonyl (C=O) groups excluding carboxylic acids is 3. The second-order valence-corrected chi connectivity index (χ2v) is 27.0. The number of hydrogen-bond acceptors (Lipinski definition) is 10. The lowest BCUT2D eigenvalue weighted by Gasteiger charge is -2.54. The summed E-state index contributed by atoms with van der Waals surface area (Å²) in [5.74, 6) is -2.59. The van der Waals surface area contributed by atoms with E-state index >= 15 is 14.4 Å². The number of carbonyl (C=O) groups is 3. The van der Waals surface area contributed by atoms with E-state index in [9.17, 15) is 0 Å². The maximum atomic E-state index is 15.7. The number of esters is 1. The predicted molar refractivity (Wildman–Crippen MR) is 269 cm³/mol. The molecule has 0 bridgehead atoms. The Labute approximate surface area is 393 Å². The molecule has 1 saturated heterocycles. The number of aromatic nitrogens is 3. The number of fused-ring (bicyclic) bond motifs is 1. The zero-order valence-electron chi connectivity index (χ0n) is 39.4. The molecule has 6 aromatic rings. The first-order valence-electron chi connectivity index (χ1n) is 22.6. The van der Waals surface area contributed by atoms with Gasteiger partial charge >= 0.3 is 12.0 Å². The molecule has 4 atom stereocenters. The van der Waals surface area contributed by atoms with Gasteiger partial charge in [-0.15, -0.1) is 11.3 Å². The van der Waals surface area contributed by atoms with Crippen LogP contribution in [0.3, 0.4) is 0 Å². The van der Waals surface area contributed by atoms with Gasteiger partial charge in [0.05, 0.1) is 37.0 Å². The maximum absolute atomic E-state index is 15.7. The molecule has 0 saturated carbocycles. The van der Waals surface area contributed by atoms with Gasteiger partial charge in [-0.2, -0.15) is 4.98 Å². The van der Waals surface area contributed by atoms with Crippen molar-refractivity contribution < 1.29 is 33.0 Å². The highest BCUT2D eigenvalue weighted by molar-refractivity contribution is 7.96. The molecule has 14 heteroatoms. The highest BCUT2D eigenvalue weighted by Crippen LogP contribution is 2.52. The first-order chi connectivity index (χ1) is 31.6. The molecule has 0 spiro atoms. The van der Waals surface area contributed by atoms with Crippen molar-refractivity contribution in [2.45, 2.75) is 85.2 Å². The van der Waals surface area contributed by atoms with Gasteiger partial charge in [-0.25, -0.2) is 9.20 Å². The summed E-state index contributed by atoms with van der Waals surface area (Å²) >= 11 is 1.29. The van der Waals surface area contributed by atoms with Crippen LogP contribution in [0.5, 0.6) is 11.9 Å². The molecule has 1 fully saturated rings. The molecule has 0 aliphatic carbocycles. The minimum atomic E-state index is -3.30. The molecule has 11 nitrogen and oxygen atoms in total. The van der Waals surface area contributed by atoms with E-state index in [0.717, 1.165) is 21.5 Å². The van der Waals surface area contributed by atoms with Gasteiger partial charge in [-0.05, 0) is 66.4 Å². The number of nitrogens with zero attached hydrogens (tertiary/aromatic N) is 4. The molecule has 0 N–H and O–H groups in total. The van der Waals surface area contributed by atoms with Crippen LogP contribution in [0.15, 0.2) is 128 Å². The second kappa shape index (κ2) is 20.1. The van der Waals surface area contributed by atoms with Crippen molar-refractivity contribution in [2.75, 3.05) is 19.8 Å². The Morgan fingerprint density at radius 3 is 1.95 bits per heavy atom. The number of benzene rings is 3. The average Bonchev–Trinajstić information content (AvgIpc) is 3.84. The molecule has 3 aromatic carbocycles. The largest absolute Gasteiger partial charge is 0.478 e. The summed E-state index contributed by atoms with van der Waals surface area (Å²) in [6.07, 6.45) is 4.88. The van der Waals surface area contributed by atoms with Gasteiger partial charge in [0.2, 0.25) is 11.8 Å². The molecule has 0 radical (unpaired) electrons. The monoisotopic (exact) mass is 944 g/mol. The van der Waals surface area contributed by atoms with Crippen LogP contribution < -0.4 is 25.4 Å². The summed E-state index contributed by atoms with van der Waals surface area (Å²) in [7, 11) is -2.47. The fourth-order valence-electron chi connectivity index (χ4n) is 8.65. The van der Waals surface area contributed by atoms with Gasteiger partial charge in [0.25, 0.3) is 0 Å². The first kappa shape index (κ1) is 48.3. The van der Waals surface area contributed by atoms with E-state index in [-0.39, 0.29) is 35.4 Å². The van der Waals surface area contributed by atoms with Crippen LogP contribution in [0.1, 0.15) is 69.4 Å². The smallest absolute Gasteiger partial charge is 0.356 e. The molecule has 1 amide bonds. The quantitative estimate of drug-likeness (QED) is 0.0196. The Morgan fingerprint density at radius 2 is 1.45 bits per heavy atom. The van der Waals surface area contributed by atoms with E-state index < -0.39 is 45.2 Å². The number of imidazole rings is 1. The molecular formula is C52H61N4O7PSSi. The van der Waals surface area contributed by atoms with Gasteiger partial charge in [0.15, 0.2) is 14.1 Å². The van der Waals surface area contributed by atoms with Gasteiger partial charge in [-0.1, -0.05) is 137 Å². The van der Waals surface area contributed by atoms with Crippen molar-refractivity contribution in [3.05, 3.63) is 144 Å². The molecule has 1 aliphatic rings. The van der Waals surface area contributed by atoms with Crippen LogP contribution >= 0.6 is 18.2 Å². The molecule has 7 rings (SSSR count). The van der Waals surface area contributed by atoms with Crippen LogP contribution in [0.25, 0.3) is 4.83 Å². The molecular weight excluding hydrogens is 884 g/mol. The standard InChI is InChI=1S/C52H61N4O7PSSi/c1-11-32-62-50(59)48(64(38-25-17-14-18-26-38,39-27-19-15-20-28-39)40-29-21-16-22-30-40)55-43(42(46(55)58)36(5)63-66(9,10)52(6,7)8)35(4)44(57)45-47(60-12-2)56-49(65-45)41(54-51(56)61-13-3)33-37-24-23-31-53-34-37/h11,14-31,34-36,42-43H,1,12-13,32-33H2,2-10H3/t35-,36-,42-,43-/m1/s1. The van der Waals surface area contributed by atoms with Crippen molar-refractivity contribution in [2.24, 2.45) is 11.8 Å². The lowest BCUT2D eigenvalue weighted by molar-refractivity contribution is -0.158. The third kappa shape index (κ3) is 8.98. The van der Waals surface area contributed by atoms with Gasteiger partial charge in [0.1, 0.15) is 21.7 Å². The summed E-state index contributed by atoms with van der Waals surface area (Å²) in [6, 6.07) is 32.9. The van der Waals surface area contributed by atoms with E-state index in [1.165, 1.54) is 17.4 Å². The SMILES string of the molecule is C=CCOC(=O)C(N1C(=O)[C@H]([C@@H](C)O[Si](C)(C)C(C)(C)C)[C@H]1[C@@H](C)C(=O)c1sc2c(Cc3cccnc3)nc(OCC)n2c1OCC)=P(c1ccccc1)(c1ccccc1)c1ccccc1. The van der Waals surface area contributed by atoms with E-state index in [4.69, 9.17) is 23.6 Å². The number of amides is 1. The summed E-state index contributed by atoms with van der Waals surface area (Å²) in [6.45, 7) is 19.4. The van der Waals surface area contributed by atoms with Crippen LogP contribution in [0.2, 0.25) is 18.1 Å². The van der Waals surface area contributed by atoms with E-state index in [1.54, 1.807) is 21.7 Å². The second-order valence-electron chi connectivity index (χ2n) is 18.0. The van der Waals surface area contributed by atoms with Crippen molar-refractivity contribution in [3.63, 3.8) is 0 Å². The Balaban J connectivity index is 1.51. The zero-order valence-corrected chi connectivity index (χ0v) is 42.1. The fourth-order valence-corrected chi connectivity index (χ4v) is 15.7. The van der Waals surface area contributed by atoms with Crippen LogP contribution in [0.4, 0.5) is 0 Å². The van der Waals surface area contributed by atoms with Crippen molar-refractivity contribution in [1.82, 2.24) is 19.3 Å². The minimum absolute atomic E-state index is 0.0898. The number of Topliss-reactive ketones (excluding diaryl/α,β-unsaturated/α-hetero) is 1. The van der Waals surface area contributed by atoms with Crippen LogP contribution in [-0.2, 0) is 25.2 Å². The summed E-state index contributed by atoms with van der Waals surface area (Å²) < 4.78 is 27.4. The molecule has 1 aliphatic heterocycles. The Bertz CT molecular complexity index is 2630. The fraction of sp³-hybridized carbons (Fsp3) is 0.346. The number of pyridine rings is 1. The topological polar surface area (TPSA) is 122 Å². The Morgan fingerprint density at radius 1 is 0.879 bits per heavy atom. The third-order valence-electron chi connectivity index (χ3n) is 12.7. The molecule has 346 valence electrons. The minimum Gasteiger partial charge on any atom is -0.478 e. The number of ether oxygens (including phenoxy) is 3. The normalized spacial score (nSPS) is 16.3. The van der Waals surface area contributed by atoms with E-state index in [2.05, 4.69) is 45.4 Å². The summed E-state index contributed by atoms with van der Waals surface area (Å²) in [5.41, 5.74) is 1.84. The van der Waals surface area contributed by atoms with Gasteiger partial charge < -0.3 is 23.5 Å². The van der Waals surface area contributed by atoms with E-state index in [0.29, 0.717) is 40.3 Å². The lowest BCUT2D eigenvalue weighted by Crippen LogP contribution is -2.71. The number of thiazole rings is 1. The summed E-state index contributed by atoms with van der Waals surface area (Å²) in [4.78, 5) is 58.6. The maximum Gasteiger partial charge on any atom is 0.356 e. The number of ketones is 1. The molecule has 66 heavy (non-hydrogen) atoms. The van der Waals surface area contributed by atoms with Crippen LogP contribution in [-0.4, -0.2) is 82.6 Å². The average molecular weight is 945 g/mol. The van der Waals surface area contributed by atoms with Crippen molar-refractivity contribution in [3.8, 4) is 11.9 Å². The summed E-state index contributed by atoms with van der Waals surface area (Å²) in [5, 5.41) is 2.36. The molecule has 0 unspecified atom stereocenters. The highest BCUT2D eigenvalue weighted by Gasteiger charge is 2.60. The molecule has 4 heterocycles. The number of rotatable bonds is 19. The van der Waals surface area contributed by atoms with Crippen molar-refractivity contribution >= 4 is 70.4 Å². The van der Waals surface area contributed by atoms with Gasteiger partial charge in [-0.3, -0.25) is 14.6 Å². The van der Waals surface area contributed by atoms with Gasteiger partial charge in [0, 0.05) is 31.6 Å². The number of likely N-dealkylation sites (tertiary alicyclic amines) is 1. The van der Waals surface area contributed by atoms with E-state index in [1.807, 2.05) is 131 Å². The zero-order chi connectivity index (χ0) is 47.4.